The number of rotatable bonds is 4. The molecule has 0 aliphatic heterocycles. The predicted molar refractivity (Wildman–Crippen MR) is 92.5 cm³/mol. The number of benzene rings is 2. The van der Waals surface area contributed by atoms with Crippen LogP contribution in [0.25, 0.3) is 22.3 Å². The van der Waals surface area contributed by atoms with Gasteiger partial charge in [-0.1, -0.05) is 30.3 Å². The molecule has 3 N–H and O–H groups in total. The molecule has 0 aliphatic rings. The number of carbonyl (C=O) groups is 1. The fourth-order valence-electron chi connectivity index (χ4n) is 2.74. The van der Waals surface area contributed by atoms with Gasteiger partial charge in [-0.2, -0.15) is 5.10 Å². The van der Waals surface area contributed by atoms with Crippen molar-refractivity contribution < 1.29 is 4.79 Å². The van der Waals surface area contributed by atoms with Crippen LogP contribution in [0.15, 0.2) is 61.1 Å². The lowest BCUT2D eigenvalue weighted by atomic mass is 10.1. The number of fused-ring (bicyclic) bond motifs is 1. The van der Waals surface area contributed by atoms with Gasteiger partial charge in [-0.3, -0.25) is 9.89 Å². The summed E-state index contributed by atoms with van der Waals surface area (Å²) in [5.41, 5.74) is 3.62. The second kappa shape index (κ2) is 6.00. The van der Waals surface area contributed by atoms with Crippen molar-refractivity contribution in [3.63, 3.8) is 0 Å². The molecule has 0 radical (unpaired) electrons. The fourth-order valence-corrected chi connectivity index (χ4v) is 2.74. The Bertz CT molecular complexity index is 988. The zero-order valence-electron chi connectivity index (χ0n) is 12.8. The Hall–Kier alpha value is -3.41. The molecule has 2 aromatic carbocycles. The lowest BCUT2D eigenvalue weighted by molar-refractivity contribution is -0.115. The van der Waals surface area contributed by atoms with E-state index >= 15 is 0 Å². The minimum Gasteiger partial charge on any atom is -0.361 e. The molecule has 1 amide bonds. The first kappa shape index (κ1) is 14.2. The van der Waals surface area contributed by atoms with E-state index < -0.39 is 0 Å². The molecule has 4 rings (SSSR count). The lowest BCUT2D eigenvalue weighted by Crippen LogP contribution is -2.14. The Morgan fingerprint density at radius 2 is 2.04 bits per heavy atom. The first-order valence-electron chi connectivity index (χ1n) is 7.60. The minimum atomic E-state index is -0.0607. The van der Waals surface area contributed by atoms with Crippen LogP contribution in [0.5, 0.6) is 0 Å². The molecule has 0 bridgehead atoms. The average molecular weight is 317 g/mol. The van der Waals surface area contributed by atoms with Crippen LogP contribution in [0.4, 0.5) is 5.69 Å². The van der Waals surface area contributed by atoms with Crippen molar-refractivity contribution in [2.45, 2.75) is 6.42 Å². The smallest absolute Gasteiger partial charge is 0.228 e. The number of nitrogens with zero attached hydrogens (tertiary/aromatic N) is 2. The molecule has 6 nitrogen and oxygen atoms in total. The number of amides is 1. The molecule has 0 unspecified atom stereocenters. The molecule has 118 valence electrons. The van der Waals surface area contributed by atoms with Crippen molar-refractivity contribution >= 4 is 22.5 Å². The van der Waals surface area contributed by atoms with Gasteiger partial charge in [0.15, 0.2) is 5.82 Å². The van der Waals surface area contributed by atoms with Gasteiger partial charge in [-0.05, 0) is 23.8 Å². The largest absolute Gasteiger partial charge is 0.361 e. The minimum absolute atomic E-state index is 0.0607. The van der Waals surface area contributed by atoms with Gasteiger partial charge < -0.3 is 10.3 Å². The van der Waals surface area contributed by atoms with E-state index in [1.54, 1.807) is 0 Å². The van der Waals surface area contributed by atoms with Crippen molar-refractivity contribution in [1.29, 1.82) is 0 Å². The summed E-state index contributed by atoms with van der Waals surface area (Å²) < 4.78 is 0. The van der Waals surface area contributed by atoms with E-state index in [9.17, 15) is 4.79 Å². The van der Waals surface area contributed by atoms with E-state index in [1.807, 2.05) is 54.7 Å². The number of aromatic amines is 2. The summed E-state index contributed by atoms with van der Waals surface area (Å²) >= 11 is 0. The maximum atomic E-state index is 12.4. The number of H-pyrrole nitrogens is 2. The first-order chi connectivity index (χ1) is 11.8. The molecule has 24 heavy (non-hydrogen) atoms. The molecule has 2 aromatic heterocycles. The number of carbonyl (C=O) groups excluding carboxylic acids is 1. The number of hydrogen-bond donors (Lipinski definition) is 3. The van der Waals surface area contributed by atoms with E-state index in [-0.39, 0.29) is 5.91 Å². The second-order valence-electron chi connectivity index (χ2n) is 5.50. The molecule has 0 aliphatic carbocycles. The molecule has 6 heteroatoms. The summed E-state index contributed by atoms with van der Waals surface area (Å²) in [6.07, 6.45) is 3.66. The molecule has 0 saturated carbocycles. The zero-order chi connectivity index (χ0) is 16.4. The number of anilines is 1. The third-order valence-corrected chi connectivity index (χ3v) is 3.86. The van der Waals surface area contributed by atoms with Gasteiger partial charge in [-0.15, -0.1) is 0 Å². The highest BCUT2D eigenvalue weighted by atomic mass is 16.1. The second-order valence-corrected chi connectivity index (χ2v) is 5.50. The van der Waals surface area contributed by atoms with Crippen LogP contribution in [0.1, 0.15) is 5.56 Å². The Morgan fingerprint density at radius 3 is 2.92 bits per heavy atom. The number of hydrogen-bond acceptors (Lipinski definition) is 3. The molecule has 4 aromatic rings. The fraction of sp³-hybridized carbons (Fsp3) is 0.0556. The Kier molecular flexibility index (Phi) is 3.55. The molecular formula is C18H15N5O. The highest BCUT2D eigenvalue weighted by molar-refractivity contribution is 5.96. The van der Waals surface area contributed by atoms with Crippen molar-refractivity contribution in [3.05, 3.63) is 66.6 Å². The summed E-state index contributed by atoms with van der Waals surface area (Å²) in [7, 11) is 0. The van der Waals surface area contributed by atoms with E-state index in [0.29, 0.717) is 12.2 Å². The molecule has 0 spiro atoms. The van der Waals surface area contributed by atoms with Crippen LogP contribution in [0.2, 0.25) is 0 Å². The van der Waals surface area contributed by atoms with Crippen LogP contribution in [-0.2, 0) is 11.2 Å². The average Bonchev–Trinajstić information content (AvgIpc) is 3.26. The summed E-state index contributed by atoms with van der Waals surface area (Å²) in [5.74, 6) is 0.609. The van der Waals surface area contributed by atoms with Crippen LogP contribution in [0.3, 0.4) is 0 Å². The maximum Gasteiger partial charge on any atom is 0.228 e. The van der Waals surface area contributed by atoms with Gasteiger partial charge in [-0.25, -0.2) is 4.98 Å². The lowest BCUT2D eigenvalue weighted by Gasteiger charge is -2.06. The number of para-hydroxylation sites is 1. The Balaban J connectivity index is 1.51. The van der Waals surface area contributed by atoms with Gasteiger partial charge in [0.2, 0.25) is 5.91 Å². The van der Waals surface area contributed by atoms with Crippen molar-refractivity contribution in [2.24, 2.45) is 0 Å². The van der Waals surface area contributed by atoms with Gasteiger partial charge in [0, 0.05) is 28.4 Å². The highest BCUT2D eigenvalue weighted by Gasteiger charge is 2.09. The SMILES string of the molecule is O=C(Cc1c[nH]c2ccccc12)Nc1cccc(-c2ncn[nH]2)c1. The number of nitrogens with one attached hydrogen (secondary N) is 3. The van der Waals surface area contributed by atoms with Gasteiger partial charge in [0.25, 0.3) is 0 Å². The molecule has 0 fully saturated rings. The predicted octanol–water partition coefficient (Wildman–Crippen LogP) is 3.13. The first-order valence-corrected chi connectivity index (χ1v) is 7.60. The molecular weight excluding hydrogens is 302 g/mol. The van der Waals surface area contributed by atoms with Gasteiger partial charge >= 0.3 is 0 Å². The summed E-state index contributed by atoms with van der Waals surface area (Å²) in [6.45, 7) is 0. The summed E-state index contributed by atoms with van der Waals surface area (Å²) in [6, 6.07) is 15.5. The van der Waals surface area contributed by atoms with Crippen LogP contribution >= 0.6 is 0 Å². The van der Waals surface area contributed by atoms with Gasteiger partial charge in [0.05, 0.1) is 6.42 Å². The normalized spacial score (nSPS) is 10.8. The van der Waals surface area contributed by atoms with Crippen molar-refractivity contribution in [1.82, 2.24) is 20.2 Å². The Labute approximate surface area is 137 Å². The topological polar surface area (TPSA) is 86.5 Å². The molecule has 2 heterocycles. The van der Waals surface area contributed by atoms with Crippen LogP contribution in [-0.4, -0.2) is 26.1 Å². The standard InChI is InChI=1S/C18H15N5O/c24-17(9-13-10-19-16-7-2-1-6-15(13)16)22-14-5-3-4-12(8-14)18-20-11-21-23-18/h1-8,10-11,19H,9H2,(H,22,24)(H,20,21,23). The molecule has 0 atom stereocenters. The third kappa shape index (κ3) is 2.77. The zero-order valence-corrected chi connectivity index (χ0v) is 12.8. The van der Waals surface area contributed by atoms with E-state index in [4.69, 9.17) is 0 Å². The van der Waals surface area contributed by atoms with Crippen LogP contribution in [0, 0.1) is 0 Å². The van der Waals surface area contributed by atoms with E-state index in [2.05, 4.69) is 25.5 Å². The van der Waals surface area contributed by atoms with Gasteiger partial charge in [0.1, 0.15) is 6.33 Å². The van der Waals surface area contributed by atoms with Crippen molar-refractivity contribution in [3.8, 4) is 11.4 Å². The maximum absolute atomic E-state index is 12.4. The van der Waals surface area contributed by atoms with E-state index in [1.165, 1.54) is 6.33 Å². The van der Waals surface area contributed by atoms with Crippen molar-refractivity contribution in [2.75, 3.05) is 5.32 Å². The van der Waals surface area contributed by atoms with E-state index in [0.717, 1.165) is 27.7 Å². The number of aromatic nitrogens is 4. The quantitative estimate of drug-likeness (QED) is 0.540. The monoisotopic (exact) mass is 317 g/mol. The highest BCUT2D eigenvalue weighted by Crippen LogP contribution is 2.21. The third-order valence-electron chi connectivity index (χ3n) is 3.86. The summed E-state index contributed by atoms with van der Waals surface area (Å²) in [5, 5.41) is 10.7. The van der Waals surface area contributed by atoms with Crippen LogP contribution < -0.4 is 5.32 Å². The molecule has 0 saturated heterocycles. The summed E-state index contributed by atoms with van der Waals surface area (Å²) in [4.78, 5) is 19.7. The Morgan fingerprint density at radius 1 is 1.12 bits per heavy atom.